The number of hydrogen-bond donors (Lipinski definition) is 0. The van der Waals surface area contributed by atoms with Gasteiger partial charge in [0.25, 0.3) is 0 Å². The van der Waals surface area contributed by atoms with Gasteiger partial charge in [0.05, 0.1) is 0 Å². The van der Waals surface area contributed by atoms with Crippen LogP contribution in [0.1, 0.15) is 105 Å². The maximum Gasteiger partial charge on any atom is -0.0228 e. The van der Waals surface area contributed by atoms with Gasteiger partial charge in [-0.15, -0.1) is 0 Å². The third kappa shape index (κ3) is 3.36. The van der Waals surface area contributed by atoms with Crippen LogP contribution < -0.4 is 0 Å². The summed E-state index contributed by atoms with van der Waals surface area (Å²) in [6, 6.07) is 0. The second-order valence-electron chi connectivity index (χ2n) is 12.0. The van der Waals surface area contributed by atoms with Gasteiger partial charge >= 0.3 is 0 Å². The molecule has 0 saturated heterocycles. The first-order valence-corrected chi connectivity index (χ1v) is 12.5. The summed E-state index contributed by atoms with van der Waals surface area (Å²) >= 11 is 0. The quantitative estimate of drug-likeness (QED) is 0.437. The molecule has 4 rings (SSSR count). The van der Waals surface area contributed by atoms with E-state index in [4.69, 9.17) is 0 Å². The van der Waals surface area contributed by atoms with Crippen molar-refractivity contribution in [2.45, 2.75) is 105 Å². The summed E-state index contributed by atoms with van der Waals surface area (Å²) in [4.78, 5) is 0. The van der Waals surface area contributed by atoms with Crippen LogP contribution in [-0.4, -0.2) is 0 Å². The zero-order valence-corrected chi connectivity index (χ0v) is 19.0. The molecule has 0 bridgehead atoms. The zero-order chi connectivity index (χ0) is 19.2. The Balaban J connectivity index is 1.50. The van der Waals surface area contributed by atoms with E-state index in [1.165, 1.54) is 38.5 Å². The summed E-state index contributed by atoms with van der Waals surface area (Å²) in [5.74, 6) is 6.71. The van der Waals surface area contributed by atoms with E-state index in [2.05, 4.69) is 46.8 Å². The van der Waals surface area contributed by atoms with Gasteiger partial charge < -0.3 is 0 Å². The maximum atomic E-state index is 2.72. The first kappa shape index (κ1) is 20.0. The standard InChI is InChI=1S/C27H46/c1-19(2)9-8-10-20(3)23-14-15-24-22-13-12-21-11-6-7-17-26(21,4)25(22)16-18-27(23,24)5/h8,10,19-25H,6-7,9,11-18H2,1-5H3/b10-8+/t20-,21?,22+,23-,24+,25+,26+,27-/m1/s1. The highest BCUT2D eigenvalue weighted by molar-refractivity contribution is 5.10. The molecule has 1 unspecified atom stereocenters. The van der Waals surface area contributed by atoms with Crippen LogP contribution in [0, 0.1) is 52.3 Å². The third-order valence-electron chi connectivity index (χ3n) is 10.3. The first-order chi connectivity index (χ1) is 12.9. The number of hydrogen-bond acceptors (Lipinski definition) is 0. The second-order valence-corrected chi connectivity index (χ2v) is 12.0. The molecule has 0 spiro atoms. The van der Waals surface area contributed by atoms with Gasteiger partial charge in [0.15, 0.2) is 0 Å². The van der Waals surface area contributed by atoms with Crippen molar-refractivity contribution >= 4 is 0 Å². The molecule has 154 valence electrons. The SMILES string of the molecule is CC(C)C/C=C/[C@@H](C)[C@H]1CC[C@H]2[C@@H]3CCC4CCCC[C@]4(C)[C@H]3CC[C@]12C. The van der Waals surface area contributed by atoms with E-state index in [0.717, 1.165) is 41.4 Å². The molecule has 0 amide bonds. The largest absolute Gasteiger partial charge is 0.0880 e. The minimum Gasteiger partial charge on any atom is -0.0880 e. The molecule has 0 aromatic heterocycles. The molecule has 0 aliphatic heterocycles. The molecule has 4 fully saturated rings. The summed E-state index contributed by atoms with van der Waals surface area (Å²) in [5, 5.41) is 0. The van der Waals surface area contributed by atoms with Gasteiger partial charge in [-0.2, -0.15) is 0 Å². The predicted octanol–water partition coefficient (Wildman–Crippen LogP) is 8.27. The molecule has 0 aromatic rings. The first-order valence-electron chi connectivity index (χ1n) is 12.5. The van der Waals surface area contributed by atoms with Gasteiger partial charge in [-0.05, 0) is 110 Å². The van der Waals surface area contributed by atoms with Gasteiger partial charge in [0.1, 0.15) is 0 Å². The molecule has 0 heteroatoms. The van der Waals surface area contributed by atoms with Crippen molar-refractivity contribution in [3.63, 3.8) is 0 Å². The Morgan fingerprint density at radius 3 is 2.37 bits per heavy atom. The summed E-state index contributed by atoms with van der Waals surface area (Å²) < 4.78 is 0. The Labute approximate surface area is 170 Å². The lowest BCUT2D eigenvalue weighted by molar-refractivity contribution is -0.112. The van der Waals surface area contributed by atoms with Crippen molar-refractivity contribution in [2.24, 2.45) is 52.3 Å². The highest BCUT2D eigenvalue weighted by atomic mass is 14.6. The van der Waals surface area contributed by atoms with Crippen LogP contribution in [0.4, 0.5) is 0 Å². The highest BCUT2D eigenvalue weighted by Gasteiger charge is 2.59. The Bertz CT molecular complexity index is 544. The Morgan fingerprint density at radius 2 is 1.59 bits per heavy atom. The van der Waals surface area contributed by atoms with Crippen LogP contribution in [0.15, 0.2) is 12.2 Å². The maximum absolute atomic E-state index is 2.72. The van der Waals surface area contributed by atoms with Crippen molar-refractivity contribution in [3.8, 4) is 0 Å². The van der Waals surface area contributed by atoms with E-state index in [9.17, 15) is 0 Å². The second kappa shape index (κ2) is 7.53. The minimum atomic E-state index is 0.626. The topological polar surface area (TPSA) is 0 Å². The van der Waals surface area contributed by atoms with Crippen molar-refractivity contribution in [1.29, 1.82) is 0 Å². The van der Waals surface area contributed by atoms with Gasteiger partial charge in [-0.25, -0.2) is 0 Å². The van der Waals surface area contributed by atoms with E-state index >= 15 is 0 Å². The average molecular weight is 371 g/mol. The molecule has 4 aliphatic carbocycles. The molecular weight excluding hydrogens is 324 g/mol. The van der Waals surface area contributed by atoms with Crippen LogP contribution in [0.5, 0.6) is 0 Å². The summed E-state index contributed by atoms with van der Waals surface area (Å²) in [7, 11) is 0. The third-order valence-corrected chi connectivity index (χ3v) is 10.3. The van der Waals surface area contributed by atoms with Gasteiger partial charge in [0, 0.05) is 0 Å². The van der Waals surface area contributed by atoms with E-state index in [1.807, 2.05) is 0 Å². The number of rotatable bonds is 4. The van der Waals surface area contributed by atoms with Crippen LogP contribution in [0.25, 0.3) is 0 Å². The van der Waals surface area contributed by atoms with Crippen LogP contribution >= 0.6 is 0 Å². The lowest BCUT2D eigenvalue weighted by atomic mass is 9.44. The van der Waals surface area contributed by atoms with Crippen molar-refractivity contribution in [2.75, 3.05) is 0 Å². The molecular formula is C27H46. The summed E-state index contributed by atoms with van der Waals surface area (Å²) in [5.41, 5.74) is 1.32. The molecule has 4 saturated carbocycles. The van der Waals surface area contributed by atoms with Crippen LogP contribution in [-0.2, 0) is 0 Å². The molecule has 0 radical (unpaired) electrons. The fraction of sp³-hybridized carbons (Fsp3) is 0.926. The van der Waals surface area contributed by atoms with E-state index in [1.54, 1.807) is 32.1 Å². The van der Waals surface area contributed by atoms with Crippen molar-refractivity contribution in [3.05, 3.63) is 12.2 Å². The smallest absolute Gasteiger partial charge is 0.0228 e. The molecule has 8 atom stereocenters. The van der Waals surface area contributed by atoms with Crippen LogP contribution in [0.2, 0.25) is 0 Å². The van der Waals surface area contributed by atoms with Gasteiger partial charge in [-0.3, -0.25) is 0 Å². The lowest BCUT2D eigenvalue weighted by Gasteiger charge is -2.60. The van der Waals surface area contributed by atoms with Crippen LogP contribution in [0.3, 0.4) is 0 Å². The molecule has 4 aliphatic rings. The summed E-state index contributed by atoms with van der Waals surface area (Å²) in [6.07, 6.45) is 21.7. The molecule has 0 N–H and O–H groups in total. The predicted molar refractivity (Wildman–Crippen MR) is 118 cm³/mol. The van der Waals surface area contributed by atoms with Gasteiger partial charge in [0.2, 0.25) is 0 Å². The van der Waals surface area contributed by atoms with Crippen molar-refractivity contribution in [1.82, 2.24) is 0 Å². The fourth-order valence-corrected chi connectivity index (χ4v) is 8.90. The summed E-state index contributed by atoms with van der Waals surface area (Å²) in [6.45, 7) is 12.6. The van der Waals surface area contributed by atoms with Gasteiger partial charge in [-0.1, -0.05) is 59.6 Å². The fourth-order valence-electron chi connectivity index (χ4n) is 8.90. The van der Waals surface area contributed by atoms with E-state index in [-0.39, 0.29) is 0 Å². The molecule has 27 heavy (non-hydrogen) atoms. The number of fused-ring (bicyclic) bond motifs is 5. The normalized spacial score (nSPS) is 48.3. The Kier molecular flexibility index (Phi) is 5.59. The monoisotopic (exact) mass is 370 g/mol. The average Bonchev–Trinajstić information content (AvgIpc) is 2.98. The highest BCUT2D eigenvalue weighted by Crippen LogP contribution is 2.68. The van der Waals surface area contributed by atoms with Crippen molar-refractivity contribution < 1.29 is 0 Å². The lowest BCUT2D eigenvalue weighted by Crippen LogP contribution is -2.53. The Morgan fingerprint density at radius 1 is 0.815 bits per heavy atom. The minimum absolute atomic E-state index is 0.626. The molecule has 0 nitrogen and oxygen atoms in total. The number of allylic oxidation sites excluding steroid dienone is 2. The van der Waals surface area contributed by atoms with E-state index < -0.39 is 0 Å². The Hall–Kier alpha value is -0.260. The molecule has 0 heterocycles. The molecule has 0 aromatic carbocycles. The zero-order valence-electron chi connectivity index (χ0n) is 19.0. The van der Waals surface area contributed by atoms with E-state index in [0.29, 0.717) is 10.8 Å².